The molecule has 0 bridgehead atoms. The predicted octanol–water partition coefficient (Wildman–Crippen LogP) is 1.08. The minimum Gasteiger partial charge on any atom is -0.465 e. The Labute approximate surface area is 95.5 Å². The molecule has 0 atom stereocenters. The summed E-state index contributed by atoms with van der Waals surface area (Å²) >= 11 is 0. The van der Waals surface area contributed by atoms with Crippen LogP contribution in [0.4, 0.5) is 0 Å². The van der Waals surface area contributed by atoms with E-state index in [2.05, 4.69) is 4.72 Å². The number of nitrogens with one attached hydrogen (secondary N) is 1. The molecule has 92 valence electrons. The molecule has 0 amide bonds. The minimum atomic E-state index is -3.58. The Morgan fingerprint density at radius 1 is 1.31 bits per heavy atom. The van der Waals surface area contributed by atoms with Crippen LogP contribution in [-0.4, -0.2) is 20.1 Å². The summed E-state index contributed by atoms with van der Waals surface area (Å²) in [5, 5.41) is 9.15. The molecule has 1 rings (SSSR count). The highest BCUT2D eigenvalue weighted by atomic mass is 32.2. The molecular formula is C10H17NO4S. The van der Waals surface area contributed by atoms with Crippen molar-refractivity contribution >= 4 is 10.0 Å². The van der Waals surface area contributed by atoms with Gasteiger partial charge < -0.3 is 9.52 Å². The molecular weight excluding hydrogens is 230 g/mol. The Kier molecular flexibility index (Phi) is 4.12. The van der Waals surface area contributed by atoms with E-state index in [1.165, 1.54) is 0 Å². The average Bonchev–Trinajstić information content (AvgIpc) is 2.50. The first-order valence-corrected chi connectivity index (χ1v) is 6.61. The van der Waals surface area contributed by atoms with Gasteiger partial charge in [0.25, 0.3) is 0 Å². The number of furan rings is 1. The molecule has 0 aliphatic heterocycles. The molecule has 2 N–H and O–H groups in total. The fraction of sp³-hybridized carbons (Fsp3) is 0.600. The zero-order valence-corrected chi connectivity index (χ0v) is 10.5. The molecule has 16 heavy (non-hydrogen) atoms. The van der Waals surface area contributed by atoms with Gasteiger partial charge in [-0.1, -0.05) is 6.92 Å². The number of hydrogen-bond acceptors (Lipinski definition) is 4. The van der Waals surface area contributed by atoms with E-state index in [4.69, 9.17) is 9.52 Å². The quantitative estimate of drug-likeness (QED) is 0.816. The molecule has 1 aromatic rings. The third-order valence-corrected chi connectivity index (χ3v) is 3.95. The summed E-state index contributed by atoms with van der Waals surface area (Å²) in [4.78, 5) is 0.0703. The first-order chi connectivity index (χ1) is 7.44. The summed E-state index contributed by atoms with van der Waals surface area (Å²) in [5.74, 6) is 0.752. The van der Waals surface area contributed by atoms with Gasteiger partial charge in [0, 0.05) is 12.1 Å². The number of aliphatic hydroxyl groups is 1. The highest BCUT2D eigenvalue weighted by Crippen LogP contribution is 2.26. The fourth-order valence-corrected chi connectivity index (χ4v) is 3.12. The van der Waals surface area contributed by atoms with Crippen molar-refractivity contribution in [2.24, 2.45) is 0 Å². The van der Waals surface area contributed by atoms with Gasteiger partial charge in [-0.15, -0.1) is 0 Å². The zero-order valence-electron chi connectivity index (χ0n) is 9.70. The Hall–Kier alpha value is -0.850. The van der Waals surface area contributed by atoms with E-state index in [0.717, 1.165) is 0 Å². The molecule has 0 saturated heterocycles. The Morgan fingerprint density at radius 3 is 2.44 bits per heavy atom. The van der Waals surface area contributed by atoms with Gasteiger partial charge >= 0.3 is 0 Å². The van der Waals surface area contributed by atoms with Crippen LogP contribution in [0.2, 0.25) is 0 Å². The second-order valence-corrected chi connectivity index (χ2v) is 5.28. The largest absolute Gasteiger partial charge is 0.465 e. The van der Waals surface area contributed by atoms with Crippen molar-refractivity contribution < 1.29 is 17.9 Å². The van der Waals surface area contributed by atoms with Crippen LogP contribution in [0.3, 0.4) is 0 Å². The van der Waals surface area contributed by atoms with E-state index < -0.39 is 10.0 Å². The maximum absolute atomic E-state index is 11.9. The van der Waals surface area contributed by atoms with Crippen LogP contribution in [0.15, 0.2) is 9.31 Å². The topological polar surface area (TPSA) is 79.5 Å². The zero-order chi connectivity index (χ0) is 12.3. The monoisotopic (exact) mass is 247 g/mol. The van der Waals surface area contributed by atoms with E-state index in [1.807, 2.05) is 6.92 Å². The van der Waals surface area contributed by atoms with Crippen molar-refractivity contribution in [1.82, 2.24) is 4.72 Å². The van der Waals surface area contributed by atoms with Crippen molar-refractivity contribution in [3.8, 4) is 0 Å². The van der Waals surface area contributed by atoms with Gasteiger partial charge in [-0.05, 0) is 20.3 Å². The number of sulfonamides is 1. The lowest BCUT2D eigenvalue weighted by Gasteiger charge is -2.05. The van der Waals surface area contributed by atoms with Gasteiger partial charge in [-0.2, -0.15) is 0 Å². The molecule has 1 aromatic heterocycles. The Morgan fingerprint density at radius 2 is 1.94 bits per heavy atom. The lowest BCUT2D eigenvalue weighted by atomic mass is 10.2. The van der Waals surface area contributed by atoms with Crippen LogP contribution in [0, 0.1) is 13.8 Å². The average molecular weight is 247 g/mol. The van der Waals surface area contributed by atoms with Crippen LogP contribution >= 0.6 is 0 Å². The summed E-state index contributed by atoms with van der Waals surface area (Å²) < 4.78 is 31.5. The second kappa shape index (κ2) is 4.99. The number of aryl methyl sites for hydroxylation is 2. The van der Waals surface area contributed by atoms with Gasteiger partial charge in [-0.25, -0.2) is 13.1 Å². The molecule has 0 radical (unpaired) electrons. The molecule has 6 heteroatoms. The lowest BCUT2D eigenvalue weighted by Crippen LogP contribution is -2.25. The van der Waals surface area contributed by atoms with Gasteiger partial charge in [0.15, 0.2) is 0 Å². The molecule has 0 spiro atoms. The summed E-state index contributed by atoms with van der Waals surface area (Å²) in [7, 11) is -3.58. The van der Waals surface area contributed by atoms with E-state index >= 15 is 0 Å². The molecule has 0 aliphatic carbocycles. The van der Waals surface area contributed by atoms with Crippen LogP contribution < -0.4 is 4.72 Å². The van der Waals surface area contributed by atoms with Gasteiger partial charge in [-0.3, -0.25) is 0 Å². The lowest BCUT2D eigenvalue weighted by molar-refractivity contribution is 0.276. The minimum absolute atomic E-state index is 0.0703. The summed E-state index contributed by atoms with van der Waals surface area (Å²) in [6, 6.07) is 0. The smallest absolute Gasteiger partial charge is 0.244 e. The Bertz CT molecular complexity index is 461. The first kappa shape index (κ1) is 13.2. The molecule has 1 heterocycles. The van der Waals surface area contributed by atoms with Crippen LogP contribution in [0.25, 0.3) is 0 Å². The van der Waals surface area contributed by atoms with Crippen molar-refractivity contribution in [1.29, 1.82) is 0 Å². The molecule has 0 aromatic carbocycles. The first-order valence-electron chi connectivity index (χ1n) is 5.13. The molecule has 0 unspecified atom stereocenters. The molecule has 0 fully saturated rings. The predicted molar refractivity (Wildman–Crippen MR) is 59.6 cm³/mol. The van der Waals surface area contributed by atoms with E-state index in [9.17, 15) is 8.42 Å². The molecule has 5 nitrogen and oxygen atoms in total. The third-order valence-electron chi connectivity index (χ3n) is 2.29. The fourth-order valence-electron chi connectivity index (χ4n) is 1.55. The highest BCUT2D eigenvalue weighted by Gasteiger charge is 2.25. The Balaban J connectivity index is 3.21. The van der Waals surface area contributed by atoms with Crippen LogP contribution in [0.5, 0.6) is 0 Å². The van der Waals surface area contributed by atoms with Crippen molar-refractivity contribution in [2.75, 3.05) is 6.54 Å². The molecule has 0 saturated carbocycles. The SMILES string of the molecule is CCCNS(=O)(=O)c1c(C)oc(C)c1CO. The normalized spacial score (nSPS) is 12.0. The van der Waals surface area contributed by atoms with Crippen molar-refractivity contribution in [3.05, 3.63) is 17.1 Å². The summed E-state index contributed by atoms with van der Waals surface area (Å²) in [6.45, 7) is 5.12. The van der Waals surface area contributed by atoms with Crippen molar-refractivity contribution in [2.45, 2.75) is 38.7 Å². The number of rotatable bonds is 5. The molecule has 0 aliphatic rings. The van der Waals surface area contributed by atoms with Gasteiger partial charge in [0.05, 0.1) is 6.61 Å². The van der Waals surface area contributed by atoms with Crippen LogP contribution in [-0.2, 0) is 16.6 Å². The summed E-state index contributed by atoms with van der Waals surface area (Å²) in [5.41, 5.74) is 0.334. The standard InChI is InChI=1S/C10H17NO4S/c1-4-5-11-16(13,14)10-8(3)15-7(2)9(10)6-12/h11-12H,4-6H2,1-3H3. The summed E-state index contributed by atoms with van der Waals surface area (Å²) in [6.07, 6.45) is 0.712. The van der Waals surface area contributed by atoms with Crippen LogP contribution in [0.1, 0.15) is 30.4 Å². The van der Waals surface area contributed by atoms with Gasteiger partial charge in [0.1, 0.15) is 16.4 Å². The van der Waals surface area contributed by atoms with E-state index in [1.54, 1.807) is 13.8 Å². The third kappa shape index (κ3) is 2.45. The second-order valence-electron chi connectivity index (χ2n) is 3.58. The number of aliphatic hydroxyl groups excluding tert-OH is 1. The van der Waals surface area contributed by atoms with Gasteiger partial charge in [0.2, 0.25) is 10.0 Å². The highest BCUT2D eigenvalue weighted by molar-refractivity contribution is 7.89. The van der Waals surface area contributed by atoms with Crippen molar-refractivity contribution in [3.63, 3.8) is 0 Å². The maximum Gasteiger partial charge on any atom is 0.244 e. The van der Waals surface area contributed by atoms with E-state index in [0.29, 0.717) is 30.0 Å². The maximum atomic E-state index is 11.9. The number of hydrogen-bond donors (Lipinski definition) is 2. The van der Waals surface area contributed by atoms with E-state index in [-0.39, 0.29) is 11.5 Å².